The van der Waals surface area contributed by atoms with Gasteiger partial charge in [0, 0.05) is 25.2 Å². The molecular formula is C18H19FN4O3. The lowest BCUT2D eigenvalue weighted by atomic mass is 10.2. The van der Waals surface area contributed by atoms with Gasteiger partial charge in [-0.25, -0.2) is 14.4 Å². The Hall–Kier alpha value is -2.87. The molecule has 0 bridgehead atoms. The molecule has 0 unspecified atom stereocenters. The SMILES string of the molecule is CC(=O)N1CCO[C@H](c2nccc(CNC(=O)c3cccc(F)c3)n2)C1. The Bertz CT molecular complexity index is 815. The van der Waals surface area contributed by atoms with Crippen LogP contribution < -0.4 is 5.32 Å². The van der Waals surface area contributed by atoms with Crippen molar-refractivity contribution in [3.05, 3.63) is 59.4 Å². The summed E-state index contributed by atoms with van der Waals surface area (Å²) >= 11 is 0. The smallest absolute Gasteiger partial charge is 0.251 e. The van der Waals surface area contributed by atoms with Crippen molar-refractivity contribution in [2.24, 2.45) is 0 Å². The van der Waals surface area contributed by atoms with Crippen molar-refractivity contribution in [3.63, 3.8) is 0 Å². The minimum Gasteiger partial charge on any atom is -0.367 e. The number of morpholine rings is 1. The number of ether oxygens (including phenoxy) is 1. The summed E-state index contributed by atoms with van der Waals surface area (Å²) in [7, 11) is 0. The molecule has 0 aliphatic carbocycles. The van der Waals surface area contributed by atoms with Gasteiger partial charge in [-0.2, -0.15) is 0 Å². The largest absolute Gasteiger partial charge is 0.367 e. The first kappa shape index (κ1) is 17.9. The summed E-state index contributed by atoms with van der Waals surface area (Å²) in [6.07, 6.45) is 1.19. The highest BCUT2D eigenvalue weighted by atomic mass is 19.1. The van der Waals surface area contributed by atoms with Gasteiger partial charge >= 0.3 is 0 Å². The molecular weight excluding hydrogens is 339 g/mol. The van der Waals surface area contributed by atoms with E-state index in [0.29, 0.717) is 31.2 Å². The van der Waals surface area contributed by atoms with Crippen LogP contribution in [0.1, 0.15) is 34.9 Å². The Balaban J connectivity index is 1.64. The van der Waals surface area contributed by atoms with E-state index in [1.54, 1.807) is 17.2 Å². The zero-order chi connectivity index (χ0) is 18.5. The Morgan fingerprint density at radius 2 is 2.23 bits per heavy atom. The van der Waals surface area contributed by atoms with E-state index in [4.69, 9.17) is 4.74 Å². The highest BCUT2D eigenvalue weighted by molar-refractivity contribution is 5.94. The first-order valence-corrected chi connectivity index (χ1v) is 8.25. The van der Waals surface area contributed by atoms with E-state index in [0.717, 1.165) is 0 Å². The van der Waals surface area contributed by atoms with Crippen LogP contribution in [0.25, 0.3) is 0 Å². The molecule has 7 nitrogen and oxygen atoms in total. The maximum absolute atomic E-state index is 13.2. The average Bonchev–Trinajstić information content (AvgIpc) is 2.66. The standard InChI is InChI=1S/C18H19FN4O3/c1-12(24)23-7-8-26-16(11-23)17-20-6-5-15(22-17)10-21-18(25)13-3-2-4-14(19)9-13/h2-6,9,16H,7-8,10-11H2,1H3,(H,21,25)/t16-/m0/s1. The molecule has 1 aromatic carbocycles. The zero-order valence-electron chi connectivity index (χ0n) is 14.3. The second-order valence-corrected chi connectivity index (χ2v) is 5.92. The molecule has 1 atom stereocenters. The summed E-state index contributed by atoms with van der Waals surface area (Å²) in [6.45, 7) is 3.06. The zero-order valence-corrected chi connectivity index (χ0v) is 14.3. The van der Waals surface area contributed by atoms with Gasteiger partial charge in [-0.1, -0.05) is 6.07 Å². The molecule has 0 radical (unpaired) electrons. The van der Waals surface area contributed by atoms with Crippen LogP contribution in [0.5, 0.6) is 0 Å². The molecule has 0 spiro atoms. The molecule has 1 aromatic heterocycles. The summed E-state index contributed by atoms with van der Waals surface area (Å²) in [5, 5.41) is 2.70. The molecule has 2 heterocycles. The predicted molar refractivity (Wildman–Crippen MR) is 90.5 cm³/mol. The molecule has 2 amide bonds. The second-order valence-electron chi connectivity index (χ2n) is 5.92. The number of hydrogen-bond acceptors (Lipinski definition) is 5. The number of rotatable bonds is 4. The van der Waals surface area contributed by atoms with Crippen LogP contribution in [0.2, 0.25) is 0 Å². The van der Waals surface area contributed by atoms with Crippen LogP contribution in [-0.2, 0) is 16.1 Å². The Morgan fingerprint density at radius 1 is 1.38 bits per heavy atom. The molecule has 1 aliphatic rings. The molecule has 2 aromatic rings. The van der Waals surface area contributed by atoms with Crippen LogP contribution in [-0.4, -0.2) is 46.4 Å². The van der Waals surface area contributed by atoms with E-state index in [1.807, 2.05) is 0 Å². The van der Waals surface area contributed by atoms with Crippen molar-refractivity contribution in [2.75, 3.05) is 19.7 Å². The van der Waals surface area contributed by atoms with E-state index < -0.39 is 11.9 Å². The fraction of sp³-hybridized carbons (Fsp3) is 0.333. The number of nitrogens with one attached hydrogen (secondary N) is 1. The first-order chi connectivity index (χ1) is 12.5. The van der Waals surface area contributed by atoms with Crippen LogP contribution >= 0.6 is 0 Å². The fourth-order valence-corrected chi connectivity index (χ4v) is 2.66. The molecule has 136 valence electrons. The van der Waals surface area contributed by atoms with E-state index in [-0.39, 0.29) is 23.9 Å². The van der Waals surface area contributed by atoms with Crippen LogP contribution in [0.15, 0.2) is 36.5 Å². The summed E-state index contributed by atoms with van der Waals surface area (Å²) in [6, 6.07) is 7.15. The van der Waals surface area contributed by atoms with E-state index in [9.17, 15) is 14.0 Å². The summed E-state index contributed by atoms with van der Waals surface area (Å²) in [4.78, 5) is 33.9. The third-order valence-corrected chi connectivity index (χ3v) is 4.05. The van der Waals surface area contributed by atoms with Crippen molar-refractivity contribution in [3.8, 4) is 0 Å². The molecule has 3 rings (SSSR count). The number of aromatic nitrogens is 2. The van der Waals surface area contributed by atoms with E-state index >= 15 is 0 Å². The highest BCUT2D eigenvalue weighted by Crippen LogP contribution is 2.19. The second kappa shape index (κ2) is 8.01. The minimum atomic E-state index is -0.466. The van der Waals surface area contributed by atoms with Crippen molar-refractivity contribution in [1.29, 1.82) is 0 Å². The molecule has 1 saturated heterocycles. The fourth-order valence-electron chi connectivity index (χ4n) is 2.66. The maximum atomic E-state index is 13.2. The normalized spacial score (nSPS) is 17.0. The molecule has 0 saturated carbocycles. The van der Waals surface area contributed by atoms with Gasteiger partial charge in [-0.3, -0.25) is 9.59 Å². The van der Waals surface area contributed by atoms with Crippen LogP contribution in [0.4, 0.5) is 4.39 Å². The van der Waals surface area contributed by atoms with Crippen molar-refractivity contribution < 1.29 is 18.7 Å². The Morgan fingerprint density at radius 3 is 3.00 bits per heavy atom. The lowest BCUT2D eigenvalue weighted by Gasteiger charge is -2.31. The minimum absolute atomic E-state index is 0.0168. The lowest BCUT2D eigenvalue weighted by Crippen LogP contribution is -2.41. The first-order valence-electron chi connectivity index (χ1n) is 8.25. The van der Waals surface area contributed by atoms with E-state index in [1.165, 1.54) is 31.2 Å². The van der Waals surface area contributed by atoms with Gasteiger partial charge in [0.1, 0.15) is 11.9 Å². The topological polar surface area (TPSA) is 84.4 Å². The summed E-state index contributed by atoms with van der Waals surface area (Å²) < 4.78 is 18.9. The van der Waals surface area contributed by atoms with Gasteiger partial charge in [0.25, 0.3) is 5.91 Å². The lowest BCUT2D eigenvalue weighted by molar-refractivity contribution is -0.136. The van der Waals surface area contributed by atoms with Gasteiger partial charge in [0.15, 0.2) is 5.82 Å². The number of carbonyl (C=O) groups excluding carboxylic acids is 2. The number of amides is 2. The Kier molecular flexibility index (Phi) is 5.52. The molecule has 1 aliphatic heterocycles. The van der Waals surface area contributed by atoms with Gasteiger partial charge < -0.3 is 15.0 Å². The van der Waals surface area contributed by atoms with Crippen molar-refractivity contribution in [1.82, 2.24) is 20.2 Å². The van der Waals surface area contributed by atoms with Gasteiger partial charge in [-0.05, 0) is 24.3 Å². The Labute approximate surface area is 150 Å². The number of hydrogen-bond donors (Lipinski definition) is 1. The third kappa shape index (κ3) is 4.40. The molecule has 26 heavy (non-hydrogen) atoms. The third-order valence-electron chi connectivity index (χ3n) is 4.05. The van der Waals surface area contributed by atoms with Gasteiger partial charge in [0.05, 0.1) is 25.4 Å². The molecule has 8 heteroatoms. The highest BCUT2D eigenvalue weighted by Gasteiger charge is 2.25. The number of carbonyl (C=O) groups is 2. The quantitative estimate of drug-likeness (QED) is 0.895. The van der Waals surface area contributed by atoms with Crippen molar-refractivity contribution in [2.45, 2.75) is 19.6 Å². The van der Waals surface area contributed by atoms with Gasteiger partial charge in [-0.15, -0.1) is 0 Å². The summed E-state index contributed by atoms with van der Waals surface area (Å²) in [5.74, 6) is -0.405. The van der Waals surface area contributed by atoms with Gasteiger partial charge in [0.2, 0.25) is 5.91 Å². The monoisotopic (exact) mass is 358 g/mol. The van der Waals surface area contributed by atoms with E-state index in [2.05, 4.69) is 15.3 Å². The molecule has 1 N–H and O–H groups in total. The predicted octanol–water partition coefficient (Wildman–Crippen LogP) is 1.47. The van der Waals surface area contributed by atoms with Crippen molar-refractivity contribution >= 4 is 11.8 Å². The molecule has 1 fully saturated rings. The number of nitrogens with zero attached hydrogens (tertiary/aromatic N) is 3. The summed E-state index contributed by atoms with van der Waals surface area (Å²) in [5.41, 5.74) is 0.843. The van der Waals surface area contributed by atoms with Crippen LogP contribution in [0.3, 0.4) is 0 Å². The number of halogens is 1. The average molecular weight is 358 g/mol. The maximum Gasteiger partial charge on any atom is 0.251 e. The van der Waals surface area contributed by atoms with Crippen LogP contribution in [0, 0.1) is 5.82 Å². The number of benzene rings is 1.